The van der Waals surface area contributed by atoms with Gasteiger partial charge >= 0.3 is 0 Å². The predicted molar refractivity (Wildman–Crippen MR) is 76.6 cm³/mol. The van der Waals surface area contributed by atoms with Gasteiger partial charge in [0.2, 0.25) is 0 Å². The molecule has 0 radical (unpaired) electrons. The first-order valence-electron chi connectivity index (χ1n) is 6.56. The Morgan fingerprint density at radius 1 is 1.24 bits per heavy atom. The maximum Gasteiger partial charge on any atom is 0.191 e. The fraction of sp³-hybridized carbons (Fsp3) is 0.769. The summed E-state index contributed by atoms with van der Waals surface area (Å²) < 4.78 is 0. The number of nitrogens with zero attached hydrogens (tertiary/aromatic N) is 2. The van der Waals surface area contributed by atoms with Crippen LogP contribution in [0.3, 0.4) is 0 Å². The van der Waals surface area contributed by atoms with Crippen LogP contribution in [0.15, 0.2) is 17.6 Å². The van der Waals surface area contributed by atoms with Gasteiger partial charge in [-0.1, -0.05) is 19.9 Å². The zero-order chi connectivity index (χ0) is 12.9. The van der Waals surface area contributed by atoms with Crippen LogP contribution >= 0.6 is 0 Å². The quantitative estimate of drug-likeness (QED) is 0.277. The average molecular weight is 240 g/mol. The maximum absolute atomic E-state index is 4.13. The van der Waals surface area contributed by atoms with E-state index in [4.69, 9.17) is 0 Å². The summed E-state index contributed by atoms with van der Waals surface area (Å²) in [5.41, 5.74) is 0. The first-order chi connectivity index (χ1) is 8.28. The zero-order valence-corrected chi connectivity index (χ0v) is 11.6. The van der Waals surface area contributed by atoms with Crippen LogP contribution < -0.4 is 10.6 Å². The molecule has 0 unspecified atom stereocenters. The van der Waals surface area contributed by atoms with Crippen molar-refractivity contribution < 1.29 is 0 Å². The first-order valence-corrected chi connectivity index (χ1v) is 6.56. The molecule has 17 heavy (non-hydrogen) atoms. The largest absolute Gasteiger partial charge is 0.356 e. The molecule has 0 aliphatic carbocycles. The molecule has 100 valence electrons. The number of nitrogens with one attached hydrogen (secondary N) is 2. The second kappa shape index (κ2) is 11.5. The van der Waals surface area contributed by atoms with Gasteiger partial charge in [-0.15, -0.1) is 6.58 Å². The summed E-state index contributed by atoms with van der Waals surface area (Å²) in [6.07, 6.45) is 4.23. The molecule has 0 spiro atoms. The number of hydrogen-bond donors (Lipinski definition) is 2. The van der Waals surface area contributed by atoms with Crippen molar-refractivity contribution >= 4 is 5.96 Å². The van der Waals surface area contributed by atoms with Gasteiger partial charge in [0.15, 0.2) is 5.96 Å². The SMILES string of the molecule is C=CCNC(=NC)NCCCCN(CC)CC. The highest BCUT2D eigenvalue weighted by atomic mass is 15.2. The first kappa shape index (κ1) is 16.0. The van der Waals surface area contributed by atoms with Crippen LogP contribution in [0.5, 0.6) is 0 Å². The van der Waals surface area contributed by atoms with Crippen molar-refractivity contribution in [1.82, 2.24) is 15.5 Å². The van der Waals surface area contributed by atoms with Gasteiger partial charge in [-0.25, -0.2) is 0 Å². The fourth-order valence-electron chi connectivity index (χ4n) is 1.60. The molecule has 0 aliphatic heterocycles. The molecule has 0 aromatic heterocycles. The van der Waals surface area contributed by atoms with Gasteiger partial charge in [0.25, 0.3) is 0 Å². The lowest BCUT2D eigenvalue weighted by atomic mass is 10.3. The van der Waals surface area contributed by atoms with E-state index in [2.05, 4.69) is 41.0 Å². The second-order valence-electron chi connectivity index (χ2n) is 3.90. The highest BCUT2D eigenvalue weighted by Crippen LogP contribution is 1.93. The lowest BCUT2D eigenvalue weighted by Gasteiger charge is -2.17. The van der Waals surface area contributed by atoms with E-state index in [0.29, 0.717) is 0 Å². The summed E-state index contributed by atoms with van der Waals surface area (Å²) >= 11 is 0. The van der Waals surface area contributed by atoms with E-state index >= 15 is 0 Å². The molecule has 0 fully saturated rings. The van der Waals surface area contributed by atoms with E-state index in [1.165, 1.54) is 19.4 Å². The van der Waals surface area contributed by atoms with Crippen LogP contribution in [-0.4, -0.2) is 50.6 Å². The highest BCUT2D eigenvalue weighted by Gasteiger charge is 1.98. The molecule has 0 saturated heterocycles. The lowest BCUT2D eigenvalue weighted by Crippen LogP contribution is -2.37. The van der Waals surface area contributed by atoms with Gasteiger partial charge in [-0.2, -0.15) is 0 Å². The highest BCUT2D eigenvalue weighted by molar-refractivity contribution is 5.79. The molecule has 4 heteroatoms. The van der Waals surface area contributed by atoms with E-state index in [1.807, 2.05) is 6.08 Å². The van der Waals surface area contributed by atoms with Gasteiger partial charge in [-0.05, 0) is 32.5 Å². The Morgan fingerprint density at radius 3 is 2.47 bits per heavy atom. The predicted octanol–water partition coefficient (Wildman–Crippen LogP) is 1.46. The minimum absolute atomic E-state index is 0.749. The normalized spacial score (nSPS) is 11.6. The Morgan fingerprint density at radius 2 is 1.94 bits per heavy atom. The third kappa shape index (κ3) is 8.74. The summed E-state index contributed by atoms with van der Waals surface area (Å²) in [7, 11) is 1.79. The van der Waals surface area contributed by atoms with Crippen LogP contribution in [0.4, 0.5) is 0 Å². The van der Waals surface area contributed by atoms with E-state index in [9.17, 15) is 0 Å². The molecule has 0 aromatic rings. The average Bonchev–Trinajstić information content (AvgIpc) is 2.37. The van der Waals surface area contributed by atoms with Gasteiger partial charge < -0.3 is 15.5 Å². The van der Waals surface area contributed by atoms with E-state index in [-0.39, 0.29) is 0 Å². The van der Waals surface area contributed by atoms with Crippen molar-refractivity contribution in [2.75, 3.05) is 39.8 Å². The molecule has 0 aliphatic rings. The van der Waals surface area contributed by atoms with Crippen molar-refractivity contribution in [3.05, 3.63) is 12.7 Å². The van der Waals surface area contributed by atoms with Crippen molar-refractivity contribution in [3.8, 4) is 0 Å². The van der Waals surface area contributed by atoms with Gasteiger partial charge in [0.1, 0.15) is 0 Å². The number of aliphatic imine (C=N–C) groups is 1. The Hall–Kier alpha value is -1.03. The van der Waals surface area contributed by atoms with Crippen molar-refractivity contribution in [2.24, 2.45) is 4.99 Å². The Labute approximate surface area is 106 Å². The molecular formula is C13H28N4. The number of unbranched alkanes of at least 4 members (excludes halogenated alkanes) is 1. The standard InChI is InChI=1S/C13H28N4/c1-5-10-15-13(14-4)16-11-8-9-12-17(6-2)7-3/h5H,1,6-12H2,2-4H3,(H2,14,15,16). The minimum Gasteiger partial charge on any atom is -0.356 e. The molecule has 4 nitrogen and oxygen atoms in total. The molecule has 0 amide bonds. The summed E-state index contributed by atoms with van der Waals surface area (Å²) in [5.74, 6) is 0.854. The molecule has 0 atom stereocenters. The molecule has 2 N–H and O–H groups in total. The molecule has 0 saturated carbocycles. The van der Waals surface area contributed by atoms with Gasteiger partial charge in [-0.3, -0.25) is 4.99 Å². The number of guanidine groups is 1. The Balaban J connectivity index is 3.52. The number of hydrogen-bond acceptors (Lipinski definition) is 2. The van der Waals surface area contributed by atoms with Crippen LogP contribution in [-0.2, 0) is 0 Å². The van der Waals surface area contributed by atoms with Crippen molar-refractivity contribution in [2.45, 2.75) is 26.7 Å². The third-order valence-corrected chi connectivity index (χ3v) is 2.73. The molecule has 0 bridgehead atoms. The van der Waals surface area contributed by atoms with Crippen molar-refractivity contribution in [1.29, 1.82) is 0 Å². The Kier molecular flexibility index (Phi) is 10.8. The summed E-state index contributed by atoms with van der Waals surface area (Å²) in [6, 6.07) is 0. The van der Waals surface area contributed by atoms with Crippen LogP contribution in [0.2, 0.25) is 0 Å². The fourth-order valence-corrected chi connectivity index (χ4v) is 1.60. The summed E-state index contributed by atoms with van der Waals surface area (Å²) in [6.45, 7) is 13.3. The van der Waals surface area contributed by atoms with Gasteiger partial charge in [0.05, 0.1) is 0 Å². The van der Waals surface area contributed by atoms with E-state index in [1.54, 1.807) is 7.05 Å². The van der Waals surface area contributed by atoms with E-state index < -0.39 is 0 Å². The van der Waals surface area contributed by atoms with Crippen LogP contribution in [0.1, 0.15) is 26.7 Å². The molecular weight excluding hydrogens is 212 g/mol. The van der Waals surface area contributed by atoms with Crippen LogP contribution in [0.25, 0.3) is 0 Å². The second-order valence-corrected chi connectivity index (χ2v) is 3.90. The van der Waals surface area contributed by atoms with Gasteiger partial charge in [0, 0.05) is 20.1 Å². The van der Waals surface area contributed by atoms with E-state index in [0.717, 1.165) is 32.1 Å². The summed E-state index contributed by atoms with van der Waals surface area (Å²) in [5, 5.41) is 6.44. The molecule has 0 heterocycles. The monoisotopic (exact) mass is 240 g/mol. The third-order valence-electron chi connectivity index (χ3n) is 2.73. The molecule has 0 rings (SSSR count). The summed E-state index contributed by atoms with van der Waals surface area (Å²) in [4.78, 5) is 6.58. The topological polar surface area (TPSA) is 39.7 Å². The van der Waals surface area contributed by atoms with Crippen molar-refractivity contribution in [3.63, 3.8) is 0 Å². The smallest absolute Gasteiger partial charge is 0.191 e. The minimum atomic E-state index is 0.749. The maximum atomic E-state index is 4.13. The van der Waals surface area contributed by atoms with Crippen LogP contribution in [0, 0.1) is 0 Å². The zero-order valence-electron chi connectivity index (χ0n) is 11.6. The lowest BCUT2D eigenvalue weighted by molar-refractivity contribution is 0.297. The Bertz CT molecular complexity index is 209. The number of rotatable bonds is 9. The molecule has 0 aromatic carbocycles.